The van der Waals surface area contributed by atoms with Gasteiger partial charge in [-0.05, 0) is 47.5 Å². The SMILES string of the molecule is COc1ccc(COC(=O)c2ccc3c(c2)CN(Cc2ccncc2)C3=O)cn1. The minimum Gasteiger partial charge on any atom is -0.481 e. The molecule has 0 aliphatic carbocycles. The molecule has 0 spiro atoms. The first kappa shape index (κ1) is 18.6. The number of carbonyl (C=O) groups excluding carboxylic acids is 2. The molecule has 4 rings (SSSR count). The zero-order valence-corrected chi connectivity index (χ0v) is 15.9. The van der Waals surface area contributed by atoms with E-state index in [0.717, 1.165) is 16.7 Å². The summed E-state index contributed by atoms with van der Waals surface area (Å²) in [5, 5.41) is 0. The van der Waals surface area contributed by atoms with Crippen LogP contribution in [0.25, 0.3) is 0 Å². The maximum absolute atomic E-state index is 12.6. The number of rotatable bonds is 6. The summed E-state index contributed by atoms with van der Waals surface area (Å²) in [5.41, 5.74) is 3.64. The summed E-state index contributed by atoms with van der Waals surface area (Å²) in [4.78, 5) is 34.9. The molecule has 7 heteroatoms. The molecule has 29 heavy (non-hydrogen) atoms. The number of ether oxygens (including phenoxy) is 2. The van der Waals surface area contributed by atoms with Gasteiger partial charge in [0, 0.05) is 48.9 Å². The van der Waals surface area contributed by atoms with Crippen LogP contribution in [0.5, 0.6) is 5.88 Å². The Morgan fingerprint density at radius 1 is 1.10 bits per heavy atom. The molecule has 0 saturated carbocycles. The van der Waals surface area contributed by atoms with Gasteiger partial charge in [-0.25, -0.2) is 9.78 Å². The fourth-order valence-corrected chi connectivity index (χ4v) is 3.19. The number of hydrogen-bond donors (Lipinski definition) is 0. The van der Waals surface area contributed by atoms with Gasteiger partial charge in [0.25, 0.3) is 5.91 Å². The van der Waals surface area contributed by atoms with Crippen molar-refractivity contribution in [1.29, 1.82) is 0 Å². The average Bonchev–Trinajstić information content (AvgIpc) is 3.07. The van der Waals surface area contributed by atoms with Crippen molar-refractivity contribution in [1.82, 2.24) is 14.9 Å². The second-order valence-electron chi connectivity index (χ2n) is 6.67. The summed E-state index contributed by atoms with van der Waals surface area (Å²) < 4.78 is 10.4. The summed E-state index contributed by atoms with van der Waals surface area (Å²) in [6, 6.07) is 12.3. The lowest BCUT2D eigenvalue weighted by molar-refractivity contribution is 0.0472. The van der Waals surface area contributed by atoms with Crippen LogP contribution in [0.1, 0.15) is 37.4 Å². The van der Waals surface area contributed by atoms with Crippen LogP contribution in [0, 0.1) is 0 Å². The summed E-state index contributed by atoms with van der Waals surface area (Å²) in [6.45, 7) is 1.07. The van der Waals surface area contributed by atoms with E-state index in [2.05, 4.69) is 9.97 Å². The molecule has 0 atom stereocenters. The molecule has 0 saturated heterocycles. The lowest BCUT2D eigenvalue weighted by Gasteiger charge is -2.15. The molecule has 0 fully saturated rings. The largest absolute Gasteiger partial charge is 0.481 e. The van der Waals surface area contributed by atoms with Crippen molar-refractivity contribution in [2.24, 2.45) is 0 Å². The Hall–Kier alpha value is -3.74. The topological polar surface area (TPSA) is 81.6 Å². The fraction of sp³-hybridized carbons (Fsp3) is 0.182. The Morgan fingerprint density at radius 2 is 1.93 bits per heavy atom. The number of methoxy groups -OCH3 is 1. The van der Waals surface area contributed by atoms with E-state index in [-0.39, 0.29) is 12.5 Å². The third-order valence-corrected chi connectivity index (χ3v) is 4.72. The van der Waals surface area contributed by atoms with E-state index in [1.807, 2.05) is 12.1 Å². The lowest BCUT2D eigenvalue weighted by Crippen LogP contribution is -2.23. The monoisotopic (exact) mass is 389 g/mol. The van der Waals surface area contributed by atoms with Crippen LogP contribution in [0.3, 0.4) is 0 Å². The fourth-order valence-electron chi connectivity index (χ4n) is 3.19. The molecule has 1 aromatic carbocycles. The lowest BCUT2D eigenvalue weighted by atomic mass is 10.1. The van der Waals surface area contributed by atoms with Crippen LogP contribution in [0.15, 0.2) is 61.1 Å². The minimum absolute atomic E-state index is 0.0407. The quantitative estimate of drug-likeness (QED) is 0.603. The van der Waals surface area contributed by atoms with Crippen molar-refractivity contribution in [2.45, 2.75) is 19.7 Å². The van der Waals surface area contributed by atoms with E-state index in [1.165, 1.54) is 0 Å². The Labute approximate surface area is 167 Å². The summed E-state index contributed by atoms with van der Waals surface area (Å²) in [6.07, 6.45) is 5.01. The van der Waals surface area contributed by atoms with E-state index in [0.29, 0.717) is 30.1 Å². The highest BCUT2D eigenvalue weighted by Gasteiger charge is 2.28. The number of carbonyl (C=O) groups is 2. The third kappa shape index (κ3) is 4.08. The van der Waals surface area contributed by atoms with Crippen LogP contribution in [-0.2, 0) is 24.4 Å². The molecule has 0 unspecified atom stereocenters. The molecule has 1 aliphatic heterocycles. The predicted octanol–water partition coefficient (Wildman–Crippen LogP) is 3.00. The zero-order valence-electron chi connectivity index (χ0n) is 15.9. The molecule has 3 aromatic rings. The molecule has 0 N–H and O–H groups in total. The molecule has 0 radical (unpaired) electrons. The van der Waals surface area contributed by atoms with E-state index < -0.39 is 5.97 Å². The van der Waals surface area contributed by atoms with Gasteiger partial charge in [0.15, 0.2) is 0 Å². The van der Waals surface area contributed by atoms with Crippen molar-refractivity contribution < 1.29 is 19.1 Å². The molecule has 1 amide bonds. The van der Waals surface area contributed by atoms with Crippen molar-refractivity contribution in [3.8, 4) is 5.88 Å². The first-order chi connectivity index (χ1) is 14.1. The number of amides is 1. The van der Waals surface area contributed by atoms with Crippen molar-refractivity contribution >= 4 is 11.9 Å². The Morgan fingerprint density at radius 3 is 2.66 bits per heavy atom. The third-order valence-electron chi connectivity index (χ3n) is 4.72. The highest BCUT2D eigenvalue weighted by molar-refractivity contribution is 6.00. The highest BCUT2D eigenvalue weighted by atomic mass is 16.5. The number of fused-ring (bicyclic) bond motifs is 1. The molecular weight excluding hydrogens is 370 g/mol. The van der Waals surface area contributed by atoms with Crippen molar-refractivity contribution in [3.05, 3.63) is 88.9 Å². The average molecular weight is 389 g/mol. The van der Waals surface area contributed by atoms with Gasteiger partial charge < -0.3 is 14.4 Å². The zero-order chi connectivity index (χ0) is 20.2. The number of pyridine rings is 2. The summed E-state index contributed by atoms with van der Waals surface area (Å²) in [7, 11) is 1.54. The molecule has 146 valence electrons. The van der Waals surface area contributed by atoms with Gasteiger partial charge in [0.05, 0.1) is 12.7 Å². The predicted molar refractivity (Wildman–Crippen MR) is 104 cm³/mol. The van der Waals surface area contributed by atoms with E-state index in [4.69, 9.17) is 9.47 Å². The summed E-state index contributed by atoms with van der Waals surface area (Å²) in [5.74, 6) is 0.0179. The van der Waals surface area contributed by atoms with Crippen LogP contribution < -0.4 is 4.74 Å². The number of benzene rings is 1. The van der Waals surface area contributed by atoms with Crippen LogP contribution in [0.4, 0.5) is 0 Å². The van der Waals surface area contributed by atoms with E-state index in [9.17, 15) is 9.59 Å². The van der Waals surface area contributed by atoms with Gasteiger partial charge in [-0.1, -0.05) is 0 Å². The molecule has 3 heterocycles. The van der Waals surface area contributed by atoms with Crippen molar-refractivity contribution in [2.75, 3.05) is 7.11 Å². The number of hydrogen-bond acceptors (Lipinski definition) is 6. The number of nitrogens with zero attached hydrogens (tertiary/aromatic N) is 3. The molecule has 7 nitrogen and oxygen atoms in total. The second-order valence-corrected chi connectivity index (χ2v) is 6.67. The van der Waals surface area contributed by atoms with Crippen LogP contribution >= 0.6 is 0 Å². The standard InChI is InChI=1S/C22H19N3O4/c1-28-20-5-2-16(11-24-20)14-29-22(27)17-3-4-19-18(10-17)13-25(21(19)26)12-15-6-8-23-9-7-15/h2-11H,12-14H2,1H3. The second kappa shape index (κ2) is 8.10. The first-order valence-corrected chi connectivity index (χ1v) is 9.11. The van der Waals surface area contributed by atoms with Gasteiger partial charge in [-0.2, -0.15) is 0 Å². The van der Waals surface area contributed by atoms with Gasteiger partial charge in [-0.3, -0.25) is 9.78 Å². The van der Waals surface area contributed by atoms with E-state index >= 15 is 0 Å². The number of esters is 1. The smallest absolute Gasteiger partial charge is 0.338 e. The van der Waals surface area contributed by atoms with Gasteiger partial charge in [-0.15, -0.1) is 0 Å². The summed E-state index contributed by atoms with van der Waals surface area (Å²) >= 11 is 0. The van der Waals surface area contributed by atoms with E-state index in [1.54, 1.807) is 60.9 Å². The van der Waals surface area contributed by atoms with Gasteiger partial charge >= 0.3 is 5.97 Å². The molecule has 2 aromatic heterocycles. The maximum Gasteiger partial charge on any atom is 0.338 e. The minimum atomic E-state index is -0.441. The Kier molecular flexibility index (Phi) is 5.20. The Balaban J connectivity index is 1.41. The first-order valence-electron chi connectivity index (χ1n) is 9.11. The van der Waals surface area contributed by atoms with Crippen molar-refractivity contribution in [3.63, 3.8) is 0 Å². The maximum atomic E-state index is 12.6. The number of aromatic nitrogens is 2. The van der Waals surface area contributed by atoms with Crippen LogP contribution in [-0.4, -0.2) is 33.9 Å². The molecular formula is C22H19N3O4. The van der Waals surface area contributed by atoms with Gasteiger partial charge in [0.1, 0.15) is 6.61 Å². The van der Waals surface area contributed by atoms with Gasteiger partial charge in [0.2, 0.25) is 5.88 Å². The van der Waals surface area contributed by atoms with Crippen LogP contribution in [0.2, 0.25) is 0 Å². The molecule has 0 bridgehead atoms. The highest BCUT2D eigenvalue weighted by Crippen LogP contribution is 2.26. The normalized spacial score (nSPS) is 12.6. The Bertz CT molecular complexity index is 1040. The molecule has 1 aliphatic rings.